The van der Waals surface area contributed by atoms with Crippen molar-refractivity contribution in [1.82, 2.24) is 10.2 Å². The minimum Gasteiger partial charge on any atom is -0.497 e. The van der Waals surface area contributed by atoms with Crippen molar-refractivity contribution in [2.75, 3.05) is 33.4 Å². The van der Waals surface area contributed by atoms with Crippen molar-refractivity contribution in [1.29, 1.82) is 0 Å². The van der Waals surface area contributed by atoms with E-state index in [0.29, 0.717) is 12.1 Å². The molecule has 0 aliphatic carbocycles. The average molecular weight is 278 g/mol. The third-order valence-electron chi connectivity index (χ3n) is 3.76. The molecular weight excluding hydrogens is 252 g/mol. The van der Waals surface area contributed by atoms with Crippen LogP contribution in [0.3, 0.4) is 0 Å². The maximum atomic E-state index is 5.81. The summed E-state index contributed by atoms with van der Waals surface area (Å²) in [5.41, 5.74) is 1.27. The van der Waals surface area contributed by atoms with E-state index in [0.717, 1.165) is 38.5 Å². The van der Waals surface area contributed by atoms with Gasteiger partial charge in [0.05, 0.1) is 19.8 Å². The van der Waals surface area contributed by atoms with Crippen LogP contribution in [-0.2, 0) is 11.3 Å². The predicted octanol–water partition coefficient (Wildman–Crippen LogP) is 1.89. The first-order valence-electron chi connectivity index (χ1n) is 7.38. The van der Waals surface area contributed by atoms with Crippen LogP contribution in [0, 0.1) is 0 Å². The molecule has 0 saturated carbocycles. The van der Waals surface area contributed by atoms with Crippen molar-refractivity contribution in [2.45, 2.75) is 32.5 Å². The highest BCUT2D eigenvalue weighted by atomic mass is 16.5. The Morgan fingerprint density at radius 2 is 2.10 bits per heavy atom. The number of morpholine rings is 1. The number of hydrogen-bond donors (Lipinski definition) is 1. The van der Waals surface area contributed by atoms with Crippen LogP contribution in [0.15, 0.2) is 24.3 Å². The Morgan fingerprint density at radius 1 is 1.35 bits per heavy atom. The molecule has 0 amide bonds. The van der Waals surface area contributed by atoms with Gasteiger partial charge in [-0.2, -0.15) is 0 Å². The smallest absolute Gasteiger partial charge is 0.118 e. The highest BCUT2D eigenvalue weighted by Crippen LogP contribution is 2.11. The van der Waals surface area contributed by atoms with Gasteiger partial charge in [0.2, 0.25) is 0 Å². The fourth-order valence-electron chi connectivity index (χ4n) is 2.46. The van der Waals surface area contributed by atoms with Crippen molar-refractivity contribution in [3.8, 4) is 5.75 Å². The van der Waals surface area contributed by atoms with Gasteiger partial charge < -0.3 is 14.8 Å². The van der Waals surface area contributed by atoms with E-state index >= 15 is 0 Å². The molecule has 0 spiro atoms. The van der Waals surface area contributed by atoms with Gasteiger partial charge in [-0.15, -0.1) is 0 Å². The zero-order chi connectivity index (χ0) is 14.4. The summed E-state index contributed by atoms with van der Waals surface area (Å²) in [4.78, 5) is 2.48. The third-order valence-corrected chi connectivity index (χ3v) is 3.76. The Kier molecular flexibility index (Phi) is 5.83. The van der Waals surface area contributed by atoms with Gasteiger partial charge in [-0.1, -0.05) is 12.1 Å². The molecular formula is C16H26N2O2. The lowest BCUT2D eigenvalue weighted by Gasteiger charge is -2.35. The van der Waals surface area contributed by atoms with Crippen LogP contribution in [0.5, 0.6) is 5.75 Å². The quantitative estimate of drug-likeness (QED) is 0.861. The highest BCUT2D eigenvalue weighted by molar-refractivity contribution is 5.26. The zero-order valence-electron chi connectivity index (χ0n) is 12.8. The summed E-state index contributed by atoms with van der Waals surface area (Å²) in [6, 6.07) is 8.77. The lowest BCUT2D eigenvalue weighted by Crippen LogP contribution is -2.48. The van der Waals surface area contributed by atoms with Gasteiger partial charge in [-0.25, -0.2) is 0 Å². The Balaban J connectivity index is 1.72. The molecule has 1 heterocycles. The molecule has 1 fully saturated rings. The van der Waals surface area contributed by atoms with Crippen molar-refractivity contribution < 1.29 is 9.47 Å². The van der Waals surface area contributed by atoms with Crippen molar-refractivity contribution >= 4 is 0 Å². The van der Waals surface area contributed by atoms with E-state index in [4.69, 9.17) is 9.47 Å². The zero-order valence-corrected chi connectivity index (χ0v) is 12.8. The van der Waals surface area contributed by atoms with Gasteiger partial charge in [-0.3, -0.25) is 4.90 Å². The predicted molar refractivity (Wildman–Crippen MR) is 81.1 cm³/mol. The van der Waals surface area contributed by atoms with E-state index in [9.17, 15) is 0 Å². The monoisotopic (exact) mass is 278 g/mol. The summed E-state index contributed by atoms with van der Waals surface area (Å²) >= 11 is 0. The maximum absolute atomic E-state index is 5.81. The van der Waals surface area contributed by atoms with Gasteiger partial charge in [0.25, 0.3) is 0 Å². The summed E-state index contributed by atoms with van der Waals surface area (Å²) in [7, 11) is 1.69. The second-order valence-electron chi connectivity index (χ2n) is 5.56. The summed E-state index contributed by atoms with van der Waals surface area (Å²) in [5.74, 6) is 0.900. The van der Waals surface area contributed by atoms with Crippen molar-refractivity contribution in [3.63, 3.8) is 0 Å². The first-order chi connectivity index (χ1) is 9.69. The van der Waals surface area contributed by atoms with Gasteiger partial charge in [-0.05, 0) is 31.5 Å². The van der Waals surface area contributed by atoms with Gasteiger partial charge in [0, 0.05) is 32.2 Å². The molecule has 0 aromatic heterocycles. The first kappa shape index (κ1) is 15.3. The number of hydrogen-bond acceptors (Lipinski definition) is 4. The number of rotatable bonds is 6. The first-order valence-corrected chi connectivity index (χ1v) is 7.38. The largest absolute Gasteiger partial charge is 0.497 e. The number of ether oxygens (including phenoxy) is 2. The van der Waals surface area contributed by atoms with Crippen molar-refractivity contribution in [2.24, 2.45) is 0 Å². The van der Waals surface area contributed by atoms with Crippen LogP contribution in [-0.4, -0.2) is 50.4 Å². The molecule has 1 aromatic carbocycles. The highest BCUT2D eigenvalue weighted by Gasteiger charge is 2.21. The van der Waals surface area contributed by atoms with E-state index in [2.05, 4.69) is 36.2 Å². The van der Waals surface area contributed by atoms with Crippen LogP contribution in [0.25, 0.3) is 0 Å². The number of nitrogens with zero attached hydrogens (tertiary/aromatic N) is 1. The number of methoxy groups -OCH3 is 1. The molecule has 4 nitrogen and oxygen atoms in total. The van der Waals surface area contributed by atoms with Crippen molar-refractivity contribution in [3.05, 3.63) is 29.8 Å². The fourth-order valence-corrected chi connectivity index (χ4v) is 2.46. The van der Waals surface area contributed by atoms with Gasteiger partial charge >= 0.3 is 0 Å². The summed E-state index contributed by atoms with van der Waals surface area (Å²) in [5, 5.41) is 3.48. The molecule has 1 atom stereocenters. The maximum Gasteiger partial charge on any atom is 0.118 e. The standard InChI is InChI=1S/C16H26N2O2/c1-13(2)18-8-9-20-16(12-18)11-17-10-14-4-6-15(19-3)7-5-14/h4-7,13,16-17H,8-12H2,1-3H3. The summed E-state index contributed by atoms with van der Waals surface area (Å²) < 4.78 is 11.0. The molecule has 20 heavy (non-hydrogen) atoms. The van der Waals surface area contributed by atoms with Crippen LogP contribution in [0.4, 0.5) is 0 Å². The van der Waals surface area contributed by atoms with E-state index in [-0.39, 0.29) is 0 Å². The molecule has 1 N–H and O–H groups in total. The van der Waals surface area contributed by atoms with Gasteiger partial charge in [0.1, 0.15) is 5.75 Å². The molecule has 0 radical (unpaired) electrons. The molecule has 0 bridgehead atoms. The Hall–Kier alpha value is -1.10. The van der Waals surface area contributed by atoms with E-state index < -0.39 is 0 Å². The molecule has 1 saturated heterocycles. The molecule has 112 valence electrons. The van der Waals surface area contributed by atoms with Crippen LogP contribution >= 0.6 is 0 Å². The second-order valence-corrected chi connectivity index (χ2v) is 5.56. The molecule has 1 unspecified atom stereocenters. The molecule has 1 aromatic rings. The van der Waals surface area contributed by atoms with Crippen LogP contribution < -0.4 is 10.1 Å². The summed E-state index contributed by atoms with van der Waals surface area (Å²) in [6.45, 7) is 9.16. The van der Waals surface area contributed by atoms with Gasteiger partial charge in [0.15, 0.2) is 0 Å². The Labute approximate surface area is 122 Å². The van der Waals surface area contributed by atoms with E-state index in [1.54, 1.807) is 7.11 Å². The molecule has 1 aliphatic heterocycles. The number of benzene rings is 1. The average Bonchev–Trinajstić information content (AvgIpc) is 2.48. The molecule has 4 heteroatoms. The minimum absolute atomic E-state index is 0.296. The van der Waals surface area contributed by atoms with E-state index in [1.165, 1.54) is 5.56 Å². The minimum atomic E-state index is 0.296. The van der Waals surface area contributed by atoms with Crippen LogP contribution in [0.2, 0.25) is 0 Å². The fraction of sp³-hybridized carbons (Fsp3) is 0.625. The SMILES string of the molecule is COc1ccc(CNCC2CN(C(C)C)CCO2)cc1. The molecule has 2 rings (SSSR count). The summed E-state index contributed by atoms with van der Waals surface area (Å²) in [6.07, 6.45) is 0.296. The second kappa shape index (κ2) is 7.62. The Bertz CT molecular complexity index is 392. The third kappa shape index (κ3) is 4.47. The van der Waals surface area contributed by atoms with Crippen LogP contribution in [0.1, 0.15) is 19.4 Å². The molecule has 1 aliphatic rings. The Morgan fingerprint density at radius 3 is 2.75 bits per heavy atom. The lowest BCUT2D eigenvalue weighted by molar-refractivity contribution is -0.0372. The lowest BCUT2D eigenvalue weighted by atomic mass is 10.2. The topological polar surface area (TPSA) is 33.7 Å². The number of nitrogens with one attached hydrogen (secondary N) is 1. The normalized spacial score (nSPS) is 20.3. The van der Waals surface area contributed by atoms with E-state index in [1.807, 2.05) is 12.1 Å².